The standard InChI is InChI=1S/C13H16FN3O2/c1-3-18-7-10(15)12-16-13(19-17-12)9-6-4-5-8(2)11(9)14/h4-6,10H,3,7,15H2,1-2H3. The minimum atomic E-state index is -0.481. The Morgan fingerprint density at radius 3 is 3.00 bits per heavy atom. The molecule has 0 amide bonds. The predicted octanol–water partition coefficient (Wildman–Crippen LogP) is 2.22. The van der Waals surface area contributed by atoms with E-state index in [1.165, 1.54) is 0 Å². The number of nitrogens with two attached hydrogens (primary N) is 1. The molecule has 2 N–H and O–H groups in total. The zero-order valence-electron chi connectivity index (χ0n) is 10.9. The highest BCUT2D eigenvalue weighted by atomic mass is 19.1. The number of nitrogens with zero attached hydrogens (tertiary/aromatic N) is 2. The molecule has 0 bridgehead atoms. The number of ether oxygens (including phenoxy) is 1. The van der Waals surface area contributed by atoms with E-state index in [2.05, 4.69) is 10.1 Å². The van der Waals surface area contributed by atoms with Crippen LogP contribution < -0.4 is 5.73 Å². The van der Waals surface area contributed by atoms with E-state index in [4.69, 9.17) is 15.0 Å². The maximum absolute atomic E-state index is 13.9. The molecule has 5 nitrogen and oxygen atoms in total. The molecule has 1 aromatic heterocycles. The average molecular weight is 265 g/mol. The van der Waals surface area contributed by atoms with E-state index in [-0.39, 0.29) is 17.3 Å². The average Bonchev–Trinajstić information content (AvgIpc) is 2.88. The first-order chi connectivity index (χ1) is 9.13. The highest BCUT2D eigenvalue weighted by Gasteiger charge is 2.18. The number of halogens is 1. The highest BCUT2D eigenvalue weighted by molar-refractivity contribution is 5.55. The fraction of sp³-hybridized carbons (Fsp3) is 0.385. The fourth-order valence-corrected chi connectivity index (χ4v) is 1.63. The van der Waals surface area contributed by atoms with Gasteiger partial charge in [-0.15, -0.1) is 0 Å². The molecule has 0 spiro atoms. The molecular weight excluding hydrogens is 249 g/mol. The minimum absolute atomic E-state index is 0.128. The summed E-state index contributed by atoms with van der Waals surface area (Å²) in [4.78, 5) is 4.11. The first-order valence-electron chi connectivity index (χ1n) is 6.06. The summed E-state index contributed by atoms with van der Waals surface area (Å²) in [6, 6.07) is 4.52. The molecule has 2 rings (SSSR count). The van der Waals surface area contributed by atoms with E-state index < -0.39 is 6.04 Å². The van der Waals surface area contributed by atoms with Crippen LogP contribution in [0.15, 0.2) is 22.7 Å². The van der Waals surface area contributed by atoms with Gasteiger partial charge >= 0.3 is 0 Å². The predicted molar refractivity (Wildman–Crippen MR) is 67.9 cm³/mol. The van der Waals surface area contributed by atoms with Gasteiger partial charge in [0.05, 0.1) is 18.2 Å². The summed E-state index contributed by atoms with van der Waals surface area (Å²) in [5.41, 5.74) is 6.64. The number of aromatic nitrogens is 2. The Balaban J connectivity index is 2.23. The van der Waals surface area contributed by atoms with Gasteiger partial charge in [0, 0.05) is 6.61 Å². The maximum atomic E-state index is 13.9. The largest absolute Gasteiger partial charge is 0.380 e. The van der Waals surface area contributed by atoms with Crippen molar-refractivity contribution in [3.63, 3.8) is 0 Å². The molecule has 1 heterocycles. The highest BCUT2D eigenvalue weighted by Crippen LogP contribution is 2.23. The molecule has 1 aromatic carbocycles. The van der Waals surface area contributed by atoms with Crippen LogP contribution in [0.4, 0.5) is 4.39 Å². The van der Waals surface area contributed by atoms with Crippen molar-refractivity contribution in [1.29, 1.82) is 0 Å². The molecule has 0 aliphatic carbocycles. The van der Waals surface area contributed by atoms with Crippen LogP contribution in [0.3, 0.4) is 0 Å². The lowest BCUT2D eigenvalue weighted by Gasteiger charge is -2.05. The van der Waals surface area contributed by atoms with Gasteiger partial charge in [-0.05, 0) is 25.5 Å². The lowest BCUT2D eigenvalue weighted by molar-refractivity contribution is 0.130. The zero-order valence-corrected chi connectivity index (χ0v) is 10.9. The number of aryl methyl sites for hydroxylation is 1. The SMILES string of the molecule is CCOCC(N)c1noc(-c2cccc(C)c2F)n1. The van der Waals surface area contributed by atoms with Crippen molar-refractivity contribution < 1.29 is 13.7 Å². The summed E-state index contributed by atoms with van der Waals surface area (Å²) in [6.07, 6.45) is 0. The lowest BCUT2D eigenvalue weighted by atomic mass is 10.1. The Labute approximate surface area is 110 Å². The minimum Gasteiger partial charge on any atom is -0.380 e. The summed E-state index contributed by atoms with van der Waals surface area (Å²) in [7, 11) is 0. The molecule has 0 fully saturated rings. The Morgan fingerprint density at radius 2 is 2.26 bits per heavy atom. The van der Waals surface area contributed by atoms with Crippen molar-refractivity contribution in [2.45, 2.75) is 19.9 Å². The molecule has 0 saturated heterocycles. The lowest BCUT2D eigenvalue weighted by Crippen LogP contribution is -2.18. The van der Waals surface area contributed by atoms with Crippen LogP contribution in [-0.4, -0.2) is 23.4 Å². The second-order valence-corrected chi connectivity index (χ2v) is 4.16. The quantitative estimate of drug-likeness (QED) is 0.897. The van der Waals surface area contributed by atoms with E-state index in [1.54, 1.807) is 25.1 Å². The van der Waals surface area contributed by atoms with Crippen molar-refractivity contribution in [2.24, 2.45) is 5.73 Å². The van der Waals surface area contributed by atoms with Gasteiger partial charge in [-0.25, -0.2) is 4.39 Å². The van der Waals surface area contributed by atoms with Crippen molar-refractivity contribution in [1.82, 2.24) is 10.1 Å². The van der Waals surface area contributed by atoms with Gasteiger partial charge in [-0.1, -0.05) is 17.3 Å². The number of hydrogen-bond acceptors (Lipinski definition) is 5. The van der Waals surface area contributed by atoms with Crippen LogP contribution in [0.25, 0.3) is 11.5 Å². The Bertz CT molecular complexity index is 557. The van der Waals surface area contributed by atoms with Crippen LogP contribution in [0.2, 0.25) is 0 Å². The van der Waals surface area contributed by atoms with Crippen LogP contribution in [0, 0.1) is 12.7 Å². The summed E-state index contributed by atoms with van der Waals surface area (Å²) in [5, 5.41) is 3.76. The second kappa shape index (κ2) is 5.90. The van der Waals surface area contributed by atoms with E-state index in [0.29, 0.717) is 24.6 Å². The molecular formula is C13H16FN3O2. The van der Waals surface area contributed by atoms with E-state index in [1.807, 2.05) is 6.92 Å². The van der Waals surface area contributed by atoms with Gasteiger partial charge in [-0.3, -0.25) is 0 Å². The van der Waals surface area contributed by atoms with Gasteiger partial charge in [-0.2, -0.15) is 4.98 Å². The van der Waals surface area contributed by atoms with Crippen LogP contribution in [-0.2, 0) is 4.74 Å². The molecule has 19 heavy (non-hydrogen) atoms. The normalized spacial score (nSPS) is 12.6. The third-order valence-corrected chi connectivity index (χ3v) is 2.70. The summed E-state index contributed by atoms with van der Waals surface area (Å²) < 4.78 is 24.2. The van der Waals surface area contributed by atoms with Crippen molar-refractivity contribution in [3.8, 4) is 11.5 Å². The van der Waals surface area contributed by atoms with E-state index in [9.17, 15) is 4.39 Å². The van der Waals surface area contributed by atoms with Crippen LogP contribution >= 0.6 is 0 Å². The van der Waals surface area contributed by atoms with Gasteiger partial charge < -0.3 is 15.0 Å². The zero-order chi connectivity index (χ0) is 13.8. The first kappa shape index (κ1) is 13.6. The third-order valence-electron chi connectivity index (χ3n) is 2.70. The molecule has 0 aliphatic rings. The van der Waals surface area contributed by atoms with E-state index >= 15 is 0 Å². The second-order valence-electron chi connectivity index (χ2n) is 4.16. The summed E-state index contributed by atoms with van der Waals surface area (Å²) >= 11 is 0. The summed E-state index contributed by atoms with van der Waals surface area (Å²) in [6.45, 7) is 4.41. The van der Waals surface area contributed by atoms with Crippen molar-refractivity contribution in [2.75, 3.05) is 13.2 Å². The molecule has 2 aromatic rings. The van der Waals surface area contributed by atoms with Gasteiger partial charge in [0.25, 0.3) is 5.89 Å². The molecule has 0 saturated carbocycles. The number of rotatable bonds is 5. The molecule has 1 atom stereocenters. The van der Waals surface area contributed by atoms with E-state index in [0.717, 1.165) is 0 Å². The van der Waals surface area contributed by atoms with Crippen molar-refractivity contribution in [3.05, 3.63) is 35.4 Å². The topological polar surface area (TPSA) is 74.2 Å². The van der Waals surface area contributed by atoms with Gasteiger partial charge in [0.2, 0.25) is 0 Å². The van der Waals surface area contributed by atoms with Crippen LogP contribution in [0.1, 0.15) is 24.4 Å². The molecule has 0 radical (unpaired) electrons. The van der Waals surface area contributed by atoms with Crippen molar-refractivity contribution >= 4 is 0 Å². The number of hydrogen-bond donors (Lipinski definition) is 1. The Hall–Kier alpha value is -1.79. The Morgan fingerprint density at radius 1 is 1.47 bits per heavy atom. The molecule has 1 unspecified atom stereocenters. The maximum Gasteiger partial charge on any atom is 0.260 e. The summed E-state index contributed by atoms with van der Waals surface area (Å²) in [5.74, 6) is 0.0728. The number of benzene rings is 1. The van der Waals surface area contributed by atoms with Gasteiger partial charge in [0.15, 0.2) is 5.82 Å². The molecule has 6 heteroatoms. The first-order valence-corrected chi connectivity index (χ1v) is 6.06. The Kier molecular flexibility index (Phi) is 4.24. The monoisotopic (exact) mass is 265 g/mol. The molecule has 0 aliphatic heterocycles. The third kappa shape index (κ3) is 2.97. The smallest absolute Gasteiger partial charge is 0.260 e. The molecule has 102 valence electrons. The van der Waals surface area contributed by atoms with Crippen LogP contribution in [0.5, 0.6) is 0 Å². The van der Waals surface area contributed by atoms with Gasteiger partial charge in [0.1, 0.15) is 5.82 Å². The fourth-order valence-electron chi connectivity index (χ4n) is 1.63.